The van der Waals surface area contributed by atoms with Crippen LogP contribution in [0.15, 0.2) is 12.7 Å². The van der Waals surface area contributed by atoms with Crippen molar-refractivity contribution in [1.82, 2.24) is 10.2 Å². The van der Waals surface area contributed by atoms with Gasteiger partial charge in [0.25, 0.3) is 0 Å². The molecule has 0 radical (unpaired) electrons. The highest BCUT2D eigenvalue weighted by molar-refractivity contribution is 5.82. The lowest BCUT2D eigenvalue weighted by Gasteiger charge is -2.23. The number of likely N-dealkylation sites (N-methyl/N-ethyl adjacent to an activating group) is 1. The van der Waals surface area contributed by atoms with Crippen molar-refractivity contribution in [3.05, 3.63) is 12.7 Å². The van der Waals surface area contributed by atoms with Crippen LogP contribution in [0.2, 0.25) is 0 Å². The van der Waals surface area contributed by atoms with Crippen LogP contribution >= 0.6 is 0 Å². The maximum atomic E-state index is 11.7. The third kappa shape index (κ3) is 5.91. The summed E-state index contributed by atoms with van der Waals surface area (Å²) in [5.41, 5.74) is 0. The summed E-state index contributed by atoms with van der Waals surface area (Å²) in [4.78, 5) is 24.1. The Bertz CT molecular complexity index is 268. The quantitative estimate of drug-likeness (QED) is 0.616. The van der Waals surface area contributed by atoms with Crippen molar-refractivity contribution < 1.29 is 19.4 Å². The Hall–Kier alpha value is -1.56. The van der Waals surface area contributed by atoms with E-state index >= 15 is 0 Å². The summed E-state index contributed by atoms with van der Waals surface area (Å²) in [6.07, 6.45) is 1.66. The van der Waals surface area contributed by atoms with E-state index in [2.05, 4.69) is 11.9 Å². The van der Waals surface area contributed by atoms with Crippen molar-refractivity contribution in [1.29, 1.82) is 0 Å². The largest absolute Gasteiger partial charge is 0.480 e. The molecule has 0 spiro atoms. The molecule has 0 fully saturated rings. The maximum Gasteiger partial charge on any atom is 0.326 e. The monoisotopic (exact) mass is 244 g/mol. The van der Waals surface area contributed by atoms with Gasteiger partial charge in [0.15, 0.2) is 0 Å². The van der Waals surface area contributed by atoms with Gasteiger partial charge in [-0.2, -0.15) is 0 Å². The summed E-state index contributed by atoms with van der Waals surface area (Å²) in [6.45, 7) is 6.62. The molecule has 0 aromatic rings. The Morgan fingerprint density at radius 3 is 2.65 bits per heavy atom. The first-order valence-corrected chi connectivity index (χ1v) is 5.44. The molecule has 0 aromatic heterocycles. The molecule has 0 aliphatic rings. The molecule has 0 rings (SSSR count). The number of rotatable bonds is 8. The Morgan fingerprint density at radius 2 is 2.24 bits per heavy atom. The highest BCUT2D eigenvalue weighted by atomic mass is 16.5. The van der Waals surface area contributed by atoms with E-state index < -0.39 is 18.0 Å². The lowest BCUT2D eigenvalue weighted by atomic mass is 10.2. The predicted molar refractivity (Wildman–Crippen MR) is 63.9 cm³/mol. The van der Waals surface area contributed by atoms with Crippen LogP contribution in [0.25, 0.3) is 0 Å². The standard InChI is InChI=1S/C11H20N2O4/c1-4-6-9(10(14)15)12-11(16)13(5-2)7-8-17-3/h4,9H,1,5-8H2,2-3H3,(H,12,16)(H,14,15). The number of carboxylic acid groups (broad SMARTS) is 1. The Balaban J connectivity index is 4.34. The van der Waals surface area contributed by atoms with Crippen molar-refractivity contribution in [3.8, 4) is 0 Å². The first-order chi connectivity index (χ1) is 8.06. The van der Waals surface area contributed by atoms with Crippen molar-refractivity contribution in [2.75, 3.05) is 26.8 Å². The normalized spacial score (nSPS) is 11.6. The number of ether oxygens (including phenoxy) is 1. The topological polar surface area (TPSA) is 78.9 Å². The second kappa shape index (κ2) is 8.58. The number of hydrogen-bond donors (Lipinski definition) is 2. The van der Waals surface area contributed by atoms with Crippen molar-refractivity contribution >= 4 is 12.0 Å². The lowest BCUT2D eigenvalue weighted by Crippen LogP contribution is -2.48. The fourth-order valence-corrected chi connectivity index (χ4v) is 1.23. The van der Waals surface area contributed by atoms with Gasteiger partial charge in [-0.05, 0) is 13.3 Å². The van der Waals surface area contributed by atoms with E-state index in [4.69, 9.17) is 9.84 Å². The second-order valence-electron chi connectivity index (χ2n) is 3.44. The van der Waals surface area contributed by atoms with E-state index in [9.17, 15) is 9.59 Å². The number of hydrogen-bond acceptors (Lipinski definition) is 3. The molecule has 2 amide bonds. The molecule has 1 unspecified atom stereocenters. The first kappa shape index (κ1) is 15.4. The minimum absolute atomic E-state index is 0.197. The third-order valence-corrected chi connectivity index (χ3v) is 2.23. The fourth-order valence-electron chi connectivity index (χ4n) is 1.23. The van der Waals surface area contributed by atoms with Gasteiger partial charge in [-0.15, -0.1) is 6.58 Å². The van der Waals surface area contributed by atoms with Gasteiger partial charge in [-0.3, -0.25) is 0 Å². The molecular formula is C11H20N2O4. The smallest absolute Gasteiger partial charge is 0.326 e. The van der Waals surface area contributed by atoms with Gasteiger partial charge in [0.1, 0.15) is 6.04 Å². The highest BCUT2D eigenvalue weighted by Crippen LogP contribution is 1.97. The number of aliphatic carboxylic acids is 1. The number of carbonyl (C=O) groups is 2. The summed E-state index contributed by atoms with van der Waals surface area (Å²) in [7, 11) is 1.55. The Morgan fingerprint density at radius 1 is 1.59 bits per heavy atom. The van der Waals surface area contributed by atoms with Crippen molar-refractivity contribution in [2.24, 2.45) is 0 Å². The van der Waals surface area contributed by atoms with E-state index in [1.54, 1.807) is 7.11 Å². The summed E-state index contributed by atoms with van der Waals surface area (Å²) in [5.74, 6) is -1.07. The summed E-state index contributed by atoms with van der Waals surface area (Å²) in [6, 6.07) is -1.34. The van der Waals surface area contributed by atoms with Crippen LogP contribution in [0.1, 0.15) is 13.3 Å². The van der Waals surface area contributed by atoms with Gasteiger partial charge in [0.2, 0.25) is 0 Å². The number of carboxylic acids is 1. The van der Waals surface area contributed by atoms with E-state index in [1.165, 1.54) is 11.0 Å². The molecule has 1 atom stereocenters. The average Bonchev–Trinajstić information content (AvgIpc) is 2.29. The molecular weight excluding hydrogens is 224 g/mol. The molecule has 0 aliphatic carbocycles. The van der Waals surface area contributed by atoms with Crippen LogP contribution in [0, 0.1) is 0 Å². The van der Waals surface area contributed by atoms with Crippen molar-refractivity contribution in [2.45, 2.75) is 19.4 Å². The molecule has 17 heavy (non-hydrogen) atoms. The minimum Gasteiger partial charge on any atom is -0.480 e. The summed E-state index contributed by atoms with van der Waals surface area (Å²) >= 11 is 0. The third-order valence-electron chi connectivity index (χ3n) is 2.23. The Kier molecular flexibility index (Phi) is 7.79. The van der Waals surface area contributed by atoms with Crippen LogP contribution in [0.4, 0.5) is 4.79 Å². The summed E-state index contributed by atoms with van der Waals surface area (Å²) in [5, 5.41) is 11.3. The van der Waals surface area contributed by atoms with E-state index in [0.717, 1.165) is 0 Å². The molecule has 98 valence electrons. The van der Waals surface area contributed by atoms with Crippen LogP contribution in [0.3, 0.4) is 0 Å². The molecule has 0 saturated heterocycles. The first-order valence-electron chi connectivity index (χ1n) is 5.44. The molecule has 2 N–H and O–H groups in total. The van der Waals surface area contributed by atoms with Crippen LogP contribution < -0.4 is 5.32 Å². The SMILES string of the molecule is C=CCC(NC(=O)N(CC)CCOC)C(=O)O. The van der Waals surface area contributed by atoms with Crippen LogP contribution in [0.5, 0.6) is 0 Å². The van der Waals surface area contributed by atoms with E-state index in [1.807, 2.05) is 6.92 Å². The van der Waals surface area contributed by atoms with Crippen LogP contribution in [-0.2, 0) is 9.53 Å². The summed E-state index contributed by atoms with van der Waals surface area (Å²) < 4.78 is 4.87. The number of amides is 2. The lowest BCUT2D eigenvalue weighted by molar-refractivity contribution is -0.139. The zero-order chi connectivity index (χ0) is 13.3. The Labute approximate surface area is 101 Å². The van der Waals surface area contributed by atoms with Gasteiger partial charge in [0, 0.05) is 20.2 Å². The van der Waals surface area contributed by atoms with Gasteiger partial charge in [-0.1, -0.05) is 6.08 Å². The molecule has 0 aliphatic heterocycles. The molecule has 6 heteroatoms. The minimum atomic E-state index is -1.07. The van der Waals surface area contributed by atoms with Gasteiger partial charge >= 0.3 is 12.0 Å². The number of nitrogens with zero attached hydrogens (tertiary/aromatic N) is 1. The number of urea groups is 1. The number of methoxy groups -OCH3 is 1. The van der Waals surface area contributed by atoms with Crippen LogP contribution in [-0.4, -0.2) is 54.9 Å². The molecule has 0 heterocycles. The second-order valence-corrected chi connectivity index (χ2v) is 3.44. The zero-order valence-corrected chi connectivity index (χ0v) is 10.3. The van der Waals surface area contributed by atoms with Gasteiger partial charge < -0.3 is 20.1 Å². The van der Waals surface area contributed by atoms with E-state index in [-0.39, 0.29) is 6.42 Å². The van der Waals surface area contributed by atoms with Crippen molar-refractivity contribution in [3.63, 3.8) is 0 Å². The average molecular weight is 244 g/mol. The number of nitrogens with one attached hydrogen (secondary N) is 1. The molecule has 0 saturated carbocycles. The fraction of sp³-hybridized carbons (Fsp3) is 0.636. The number of carbonyl (C=O) groups excluding carboxylic acids is 1. The van der Waals surface area contributed by atoms with E-state index in [0.29, 0.717) is 19.7 Å². The maximum absolute atomic E-state index is 11.7. The molecule has 0 bridgehead atoms. The highest BCUT2D eigenvalue weighted by Gasteiger charge is 2.20. The van der Waals surface area contributed by atoms with Gasteiger partial charge in [0.05, 0.1) is 6.61 Å². The van der Waals surface area contributed by atoms with Gasteiger partial charge in [-0.25, -0.2) is 9.59 Å². The zero-order valence-electron chi connectivity index (χ0n) is 10.3. The molecule has 0 aromatic carbocycles. The predicted octanol–water partition coefficient (Wildman–Crippen LogP) is 0.694. The molecule has 6 nitrogen and oxygen atoms in total.